The van der Waals surface area contributed by atoms with Crippen LogP contribution in [0.25, 0.3) is 5.57 Å². The summed E-state index contributed by atoms with van der Waals surface area (Å²) in [6.07, 6.45) is 0. The molecule has 0 bridgehead atoms. The van der Waals surface area contributed by atoms with Crippen molar-refractivity contribution in [3.05, 3.63) is 81.4 Å². The summed E-state index contributed by atoms with van der Waals surface area (Å²) in [5, 5.41) is 20.2. The normalized spacial score (nSPS) is 10.3. The first kappa shape index (κ1) is 14.0. The van der Waals surface area contributed by atoms with E-state index >= 15 is 0 Å². The van der Waals surface area contributed by atoms with Crippen LogP contribution < -0.4 is 0 Å². The van der Waals surface area contributed by atoms with E-state index in [1.165, 1.54) is 12.1 Å². The first-order chi connectivity index (χ1) is 9.52. The number of nitro benzene ring substituents is 1. The third kappa shape index (κ3) is 2.75. The summed E-state index contributed by atoms with van der Waals surface area (Å²) in [7, 11) is 0. The Morgan fingerprint density at radius 1 is 1.25 bits per heavy atom. The van der Waals surface area contributed by atoms with Crippen molar-refractivity contribution in [2.45, 2.75) is 13.5 Å². The number of rotatable bonds is 4. The molecular formula is C16H15NO3. The van der Waals surface area contributed by atoms with Crippen LogP contribution in [-0.4, -0.2) is 10.0 Å². The van der Waals surface area contributed by atoms with Gasteiger partial charge >= 0.3 is 0 Å². The number of hydrogen-bond acceptors (Lipinski definition) is 3. The van der Waals surface area contributed by atoms with Gasteiger partial charge in [-0.1, -0.05) is 36.4 Å². The molecule has 4 nitrogen and oxygen atoms in total. The number of non-ortho nitro benzene ring substituents is 1. The molecule has 2 rings (SSSR count). The Hall–Kier alpha value is -2.46. The Balaban J connectivity index is 2.44. The van der Waals surface area contributed by atoms with Crippen molar-refractivity contribution in [2.24, 2.45) is 0 Å². The van der Waals surface area contributed by atoms with Gasteiger partial charge in [-0.25, -0.2) is 0 Å². The van der Waals surface area contributed by atoms with E-state index in [0.29, 0.717) is 5.56 Å². The predicted octanol–water partition coefficient (Wildman–Crippen LogP) is 3.46. The van der Waals surface area contributed by atoms with Crippen molar-refractivity contribution in [2.75, 3.05) is 0 Å². The topological polar surface area (TPSA) is 63.4 Å². The van der Waals surface area contributed by atoms with E-state index in [2.05, 4.69) is 6.58 Å². The zero-order chi connectivity index (χ0) is 14.7. The van der Waals surface area contributed by atoms with E-state index in [-0.39, 0.29) is 12.3 Å². The molecule has 0 atom stereocenters. The van der Waals surface area contributed by atoms with Crippen molar-refractivity contribution in [1.29, 1.82) is 0 Å². The molecule has 0 unspecified atom stereocenters. The lowest BCUT2D eigenvalue weighted by molar-refractivity contribution is -0.384. The fourth-order valence-electron chi connectivity index (χ4n) is 2.03. The lowest BCUT2D eigenvalue weighted by Crippen LogP contribution is -1.97. The molecule has 0 spiro atoms. The molecule has 0 aliphatic carbocycles. The number of nitrogens with zero attached hydrogens (tertiary/aromatic N) is 1. The standard InChI is InChI=1S/C16H15NO3/c1-11-3-5-13(6-4-11)12(2)16-8-7-15(17(19)20)9-14(16)10-18/h3-9,18H,2,10H2,1H3. The Kier molecular flexibility index (Phi) is 3.96. The van der Waals surface area contributed by atoms with Gasteiger partial charge in [-0.3, -0.25) is 10.1 Å². The minimum absolute atomic E-state index is 0.0329. The summed E-state index contributed by atoms with van der Waals surface area (Å²) in [6.45, 7) is 5.76. The Morgan fingerprint density at radius 3 is 2.45 bits per heavy atom. The van der Waals surface area contributed by atoms with Crippen LogP contribution in [0.5, 0.6) is 0 Å². The molecule has 0 heterocycles. The van der Waals surface area contributed by atoms with Crippen LogP contribution in [0.2, 0.25) is 0 Å². The van der Waals surface area contributed by atoms with Crippen molar-refractivity contribution in [3.8, 4) is 0 Å². The lowest BCUT2D eigenvalue weighted by Gasteiger charge is -2.11. The van der Waals surface area contributed by atoms with Gasteiger partial charge in [0.05, 0.1) is 11.5 Å². The third-order valence-corrected chi connectivity index (χ3v) is 3.20. The highest BCUT2D eigenvalue weighted by Crippen LogP contribution is 2.28. The Morgan fingerprint density at radius 2 is 1.90 bits per heavy atom. The summed E-state index contributed by atoms with van der Waals surface area (Å²) in [5.74, 6) is 0. The number of nitro groups is 1. The molecule has 2 aromatic rings. The minimum Gasteiger partial charge on any atom is -0.392 e. The van der Waals surface area contributed by atoms with Crippen LogP contribution in [0.1, 0.15) is 22.3 Å². The number of aliphatic hydroxyl groups excluding tert-OH is 1. The van der Waals surface area contributed by atoms with Gasteiger partial charge in [0.25, 0.3) is 5.69 Å². The fraction of sp³-hybridized carbons (Fsp3) is 0.125. The van der Waals surface area contributed by atoms with Gasteiger partial charge in [-0.05, 0) is 35.3 Å². The maximum Gasteiger partial charge on any atom is 0.269 e. The van der Waals surface area contributed by atoms with Gasteiger partial charge in [0, 0.05) is 12.1 Å². The molecule has 0 radical (unpaired) electrons. The van der Waals surface area contributed by atoms with E-state index in [1.54, 1.807) is 6.07 Å². The van der Waals surface area contributed by atoms with Crippen LogP contribution in [0.4, 0.5) is 5.69 Å². The maximum absolute atomic E-state index is 10.8. The molecule has 1 N–H and O–H groups in total. The van der Waals surface area contributed by atoms with Crippen molar-refractivity contribution in [1.82, 2.24) is 0 Å². The van der Waals surface area contributed by atoms with Crippen molar-refractivity contribution in [3.63, 3.8) is 0 Å². The molecule has 102 valence electrons. The van der Waals surface area contributed by atoms with Crippen LogP contribution in [0.3, 0.4) is 0 Å². The van der Waals surface area contributed by atoms with Crippen LogP contribution >= 0.6 is 0 Å². The second-order valence-corrected chi connectivity index (χ2v) is 4.60. The molecule has 0 aliphatic heterocycles. The molecule has 0 amide bonds. The SMILES string of the molecule is C=C(c1ccc(C)cc1)c1ccc([N+](=O)[O-])cc1CO. The monoisotopic (exact) mass is 269 g/mol. The summed E-state index contributed by atoms with van der Waals surface area (Å²) in [6, 6.07) is 12.3. The van der Waals surface area contributed by atoms with E-state index in [0.717, 1.165) is 22.3 Å². The van der Waals surface area contributed by atoms with Crippen LogP contribution in [0.15, 0.2) is 49.0 Å². The fourth-order valence-corrected chi connectivity index (χ4v) is 2.03. The highest BCUT2D eigenvalue weighted by molar-refractivity contribution is 5.80. The molecular weight excluding hydrogens is 254 g/mol. The zero-order valence-electron chi connectivity index (χ0n) is 11.2. The molecule has 0 aromatic heterocycles. The lowest BCUT2D eigenvalue weighted by atomic mass is 9.94. The van der Waals surface area contributed by atoms with E-state index in [4.69, 9.17) is 0 Å². The molecule has 0 saturated carbocycles. The van der Waals surface area contributed by atoms with Crippen LogP contribution in [-0.2, 0) is 6.61 Å². The second-order valence-electron chi connectivity index (χ2n) is 4.60. The number of benzene rings is 2. The first-order valence-corrected chi connectivity index (χ1v) is 6.17. The zero-order valence-corrected chi connectivity index (χ0v) is 11.2. The van der Waals surface area contributed by atoms with E-state index < -0.39 is 4.92 Å². The van der Waals surface area contributed by atoms with Gasteiger partial charge in [-0.15, -0.1) is 0 Å². The van der Waals surface area contributed by atoms with Crippen LogP contribution in [0, 0.1) is 17.0 Å². The van der Waals surface area contributed by atoms with Crippen molar-refractivity contribution < 1.29 is 10.0 Å². The first-order valence-electron chi connectivity index (χ1n) is 6.17. The average Bonchev–Trinajstić information content (AvgIpc) is 2.46. The van der Waals surface area contributed by atoms with Gasteiger partial charge in [-0.2, -0.15) is 0 Å². The summed E-state index contributed by atoms with van der Waals surface area (Å²) >= 11 is 0. The quantitative estimate of drug-likeness (QED) is 0.683. The molecule has 0 fully saturated rings. The maximum atomic E-state index is 10.8. The average molecular weight is 269 g/mol. The molecule has 2 aromatic carbocycles. The van der Waals surface area contributed by atoms with E-state index in [1.807, 2.05) is 31.2 Å². The van der Waals surface area contributed by atoms with Crippen molar-refractivity contribution >= 4 is 11.3 Å². The summed E-state index contributed by atoms with van der Waals surface area (Å²) < 4.78 is 0. The number of hydrogen-bond donors (Lipinski definition) is 1. The molecule has 4 heteroatoms. The largest absolute Gasteiger partial charge is 0.392 e. The smallest absolute Gasteiger partial charge is 0.269 e. The summed E-state index contributed by atoms with van der Waals surface area (Å²) in [4.78, 5) is 10.3. The Bertz CT molecular complexity index is 660. The summed E-state index contributed by atoms with van der Waals surface area (Å²) in [5.41, 5.74) is 4.01. The van der Waals surface area contributed by atoms with Gasteiger partial charge < -0.3 is 5.11 Å². The van der Waals surface area contributed by atoms with Gasteiger partial charge in [0.2, 0.25) is 0 Å². The Labute approximate surface area is 117 Å². The van der Waals surface area contributed by atoms with Gasteiger partial charge in [0.1, 0.15) is 0 Å². The van der Waals surface area contributed by atoms with Gasteiger partial charge in [0.15, 0.2) is 0 Å². The molecule has 0 aliphatic rings. The highest BCUT2D eigenvalue weighted by Gasteiger charge is 2.13. The van der Waals surface area contributed by atoms with E-state index in [9.17, 15) is 15.2 Å². The second kappa shape index (κ2) is 5.67. The number of aliphatic hydroxyl groups is 1. The number of aryl methyl sites for hydroxylation is 1. The third-order valence-electron chi connectivity index (χ3n) is 3.20. The highest BCUT2D eigenvalue weighted by atomic mass is 16.6. The minimum atomic E-state index is -0.475. The predicted molar refractivity (Wildman–Crippen MR) is 78.3 cm³/mol. The molecule has 20 heavy (non-hydrogen) atoms. The molecule has 0 saturated heterocycles.